The first-order valence-electron chi connectivity index (χ1n) is 13.2. The van der Waals surface area contributed by atoms with Crippen LogP contribution in [-0.4, -0.2) is 22.9 Å². The molecule has 0 saturated heterocycles. The Labute approximate surface area is 212 Å². The van der Waals surface area contributed by atoms with Gasteiger partial charge in [0.25, 0.3) is 0 Å². The van der Waals surface area contributed by atoms with Crippen molar-refractivity contribution in [1.29, 1.82) is 0 Å². The lowest BCUT2D eigenvalue weighted by Gasteiger charge is -2.61. The maximum atomic E-state index is 13.6. The molecule has 7 rings (SSSR count). The molecule has 4 fully saturated rings. The molecular weight excluding hydrogens is 450 g/mol. The number of ketones is 1. The molecule has 0 N–H and O–H groups in total. The Morgan fingerprint density at radius 2 is 1.75 bits per heavy atom. The number of carbonyl (C=O) groups excluding carboxylic acids is 2. The molecule has 36 heavy (non-hydrogen) atoms. The normalized spacial score (nSPS) is 28.4. The number of Topliss-reactive ketones (excluding diaryl/α,β-unsaturated/α-hetero) is 1. The van der Waals surface area contributed by atoms with Crippen LogP contribution >= 0.6 is 0 Å². The van der Waals surface area contributed by atoms with Gasteiger partial charge in [-0.15, -0.1) is 0 Å². The van der Waals surface area contributed by atoms with Crippen LogP contribution in [0.5, 0.6) is 0 Å². The molecule has 0 aliphatic heterocycles. The summed E-state index contributed by atoms with van der Waals surface area (Å²) in [5.74, 6) is 1.67. The molecule has 4 aliphatic carbocycles. The zero-order valence-electron chi connectivity index (χ0n) is 21.5. The molecule has 5 nitrogen and oxygen atoms in total. The van der Waals surface area contributed by atoms with Crippen molar-refractivity contribution in [3.05, 3.63) is 82.6 Å². The Balaban J connectivity index is 1.18. The number of esters is 1. The number of hydrogen-bond donors (Lipinski definition) is 0. The fourth-order valence-corrected chi connectivity index (χ4v) is 7.99. The van der Waals surface area contributed by atoms with Gasteiger partial charge in [-0.05, 0) is 100 Å². The lowest BCUT2D eigenvalue weighted by Crippen LogP contribution is -2.57. The van der Waals surface area contributed by atoms with E-state index in [2.05, 4.69) is 35.8 Å². The number of aryl methyl sites for hydroxylation is 2. The molecule has 2 heterocycles. The number of nitrogens with zero attached hydrogens (tertiary/aromatic N) is 1. The second-order valence-corrected chi connectivity index (χ2v) is 11.8. The van der Waals surface area contributed by atoms with Crippen LogP contribution in [0.15, 0.2) is 53.1 Å². The van der Waals surface area contributed by atoms with E-state index in [1.807, 2.05) is 32.0 Å². The van der Waals surface area contributed by atoms with Gasteiger partial charge in [0.1, 0.15) is 5.76 Å². The van der Waals surface area contributed by atoms with Crippen molar-refractivity contribution < 1.29 is 18.7 Å². The van der Waals surface area contributed by atoms with Crippen molar-refractivity contribution in [2.45, 2.75) is 71.3 Å². The van der Waals surface area contributed by atoms with Gasteiger partial charge in [0, 0.05) is 17.0 Å². The van der Waals surface area contributed by atoms with Gasteiger partial charge in [0.2, 0.25) is 5.78 Å². The van der Waals surface area contributed by atoms with Crippen molar-refractivity contribution in [3.63, 3.8) is 0 Å². The monoisotopic (exact) mass is 485 g/mol. The summed E-state index contributed by atoms with van der Waals surface area (Å²) >= 11 is 0. The lowest BCUT2D eigenvalue weighted by molar-refractivity contribution is -0.172. The van der Waals surface area contributed by atoms with Gasteiger partial charge in [0.05, 0.1) is 18.2 Å². The first-order chi connectivity index (χ1) is 17.3. The molecule has 188 valence electrons. The van der Waals surface area contributed by atoms with Crippen LogP contribution < -0.4 is 0 Å². The molecule has 4 bridgehead atoms. The van der Waals surface area contributed by atoms with Gasteiger partial charge < -0.3 is 13.7 Å². The highest BCUT2D eigenvalue weighted by atomic mass is 16.5. The molecule has 2 atom stereocenters. The summed E-state index contributed by atoms with van der Waals surface area (Å²) < 4.78 is 13.4. The van der Waals surface area contributed by atoms with Gasteiger partial charge in [0.15, 0.2) is 6.61 Å². The maximum absolute atomic E-state index is 13.6. The molecule has 4 aliphatic rings. The predicted octanol–water partition coefficient (Wildman–Crippen LogP) is 6.32. The smallest absolute Gasteiger partial charge is 0.312 e. The zero-order valence-corrected chi connectivity index (χ0v) is 21.5. The summed E-state index contributed by atoms with van der Waals surface area (Å²) in [5, 5.41) is 0. The third-order valence-electron chi connectivity index (χ3n) is 9.26. The van der Waals surface area contributed by atoms with Crippen molar-refractivity contribution in [2.75, 3.05) is 6.61 Å². The van der Waals surface area contributed by atoms with E-state index < -0.39 is 5.41 Å². The number of benzene rings is 1. The summed E-state index contributed by atoms with van der Waals surface area (Å²) in [6.45, 7) is 6.42. The van der Waals surface area contributed by atoms with E-state index in [4.69, 9.17) is 9.15 Å². The third-order valence-corrected chi connectivity index (χ3v) is 9.26. The number of rotatable bonds is 7. The molecule has 0 radical (unpaired) electrons. The molecule has 1 aromatic carbocycles. The second-order valence-electron chi connectivity index (χ2n) is 11.8. The third kappa shape index (κ3) is 3.84. The molecule has 5 heteroatoms. The minimum absolute atomic E-state index is 0.0670. The minimum atomic E-state index is -0.453. The van der Waals surface area contributed by atoms with Gasteiger partial charge in [-0.3, -0.25) is 9.59 Å². The average Bonchev–Trinajstić information content (AvgIpc) is 3.45. The van der Waals surface area contributed by atoms with Gasteiger partial charge in [-0.2, -0.15) is 0 Å². The quantitative estimate of drug-likeness (QED) is 0.290. The fraction of sp³-hybridized carbons (Fsp3) is 0.484. The van der Waals surface area contributed by atoms with E-state index in [1.54, 1.807) is 6.26 Å². The van der Waals surface area contributed by atoms with Crippen molar-refractivity contribution in [1.82, 2.24) is 4.57 Å². The highest BCUT2D eigenvalue weighted by Crippen LogP contribution is 2.66. The Kier molecular flexibility index (Phi) is 5.51. The van der Waals surface area contributed by atoms with Crippen LogP contribution in [0.2, 0.25) is 0 Å². The topological polar surface area (TPSA) is 61.4 Å². The first-order valence-corrected chi connectivity index (χ1v) is 13.2. The first kappa shape index (κ1) is 23.3. The Bertz CT molecular complexity index is 1280. The van der Waals surface area contributed by atoms with E-state index in [1.165, 1.54) is 30.4 Å². The summed E-state index contributed by atoms with van der Waals surface area (Å²) in [5.41, 5.74) is 4.73. The van der Waals surface area contributed by atoms with Crippen LogP contribution in [0.3, 0.4) is 0 Å². The molecule has 0 spiro atoms. The summed E-state index contributed by atoms with van der Waals surface area (Å²) in [6, 6.07) is 14.6. The summed E-state index contributed by atoms with van der Waals surface area (Å²) in [6.07, 6.45) is 7.88. The van der Waals surface area contributed by atoms with Crippen LogP contribution in [0, 0.1) is 38.0 Å². The standard InChI is InChI=1S/C31H35NO4/c1-20-6-8-25(9-7-20)30-13-23-12-24(14-30)16-31(15-23,19-30)29(34)36-18-28(33)27-11-21(2)32(22(27)3)17-26-5-4-10-35-26/h4-11,23-24H,12-19H2,1-3H3. The van der Waals surface area contributed by atoms with E-state index >= 15 is 0 Å². The maximum Gasteiger partial charge on any atom is 0.312 e. The van der Waals surface area contributed by atoms with Gasteiger partial charge in [-0.1, -0.05) is 29.8 Å². The minimum Gasteiger partial charge on any atom is -0.467 e. The fourth-order valence-electron chi connectivity index (χ4n) is 7.99. The second kappa shape index (κ2) is 8.50. The van der Waals surface area contributed by atoms with Crippen molar-refractivity contribution in [2.24, 2.45) is 17.3 Å². The largest absolute Gasteiger partial charge is 0.467 e. The van der Waals surface area contributed by atoms with E-state index in [-0.39, 0.29) is 23.8 Å². The van der Waals surface area contributed by atoms with Crippen LogP contribution in [0.1, 0.15) is 77.2 Å². The van der Waals surface area contributed by atoms with Crippen LogP contribution in [0.25, 0.3) is 0 Å². The summed E-state index contributed by atoms with van der Waals surface area (Å²) in [4.78, 5) is 26.8. The predicted molar refractivity (Wildman–Crippen MR) is 137 cm³/mol. The molecular formula is C31H35NO4. The van der Waals surface area contributed by atoms with E-state index in [0.717, 1.165) is 36.4 Å². The van der Waals surface area contributed by atoms with Gasteiger partial charge >= 0.3 is 5.97 Å². The summed E-state index contributed by atoms with van der Waals surface area (Å²) in [7, 11) is 0. The zero-order chi connectivity index (χ0) is 25.1. The SMILES string of the molecule is Cc1ccc(C23CC4CC(CC(C(=O)OCC(=O)c5cc(C)n(Cc6ccco6)c5C)(C4)C2)C3)cc1. The Morgan fingerprint density at radius 3 is 2.42 bits per heavy atom. The molecule has 4 saturated carbocycles. The van der Waals surface area contributed by atoms with Gasteiger partial charge in [-0.25, -0.2) is 0 Å². The highest BCUT2D eigenvalue weighted by Gasteiger charge is 2.61. The Hall–Kier alpha value is -3.08. The number of aromatic nitrogens is 1. The highest BCUT2D eigenvalue weighted by molar-refractivity contribution is 5.99. The van der Waals surface area contributed by atoms with Crippen LogP contribution in [0.4, 0.5) is 0 Å². The molecule has 0 amide bonds. The average molecular weight is 486 g/mol. The van der Waals surface area contributed by atoms with Crippen LogP contribution in [-0.2, 0) is 21.5 Å². The Morgan fingerprint density at radius 1 is 1.03 bits per heavy atom. The number of carbonyl (C=O) groups is 2. The molecule has 2 unspecified atom stereocenters. The van der Waals surface area contributed by atoms with E-state index in [0.29, 0.717) is 23.9 Å². The molecule has 2 aromatic heterocycles. The number of furan rings is 1. The van der Waals surface area contributed by atoms with Crippen molar-refractivity contribution in [3.8, 4) is 0 Å². The van der Waals surface area contributed by atoms with Crippen molar-refractivity contribution >= 4 is 11.8 Å². The lowest BCUT2D eigenvalue weighted by atomic mass is 9.43. The van der Waals surface area contributed by atoms with E-state index in [9.17, 15) is 9.59 Å². The molecule has 3 aromatic rings. The number of hydrogen-bond acceptors (Lipinski definition) is 4. The number of ether oxygens (including phenoxy) is 1.